The number of rotatable bonds is 8. The number of nitro groups is 1. The van der Waals surface area contributed by atoms with E-state index in [0.29, 0.717) is 22.3 Å². The molecule has 1 aromatic heterocycles. The summed E-state index contributed by atoms with van der Waals surface area (Å²) in [5, 5.41) is 22.7. The number of nitrogens with zero attached hydrogens (tertiary/aromatic N) is 4. The van der Waals surface area contributed by atoms with Gasteiger partial charge in [0.05, 0.1) is 10.5 Å². The molecular weight excluding hydrogens is 409 g/mol. The molecule has 154 valence electrons. The molecule has 8 nitrogen and oxygen atoms in total. The molecule has 2 aromatic carbocycles. The van der Waals surface area contributed by atoms with Crippen LogP contribution in [0.15, 0.2) is 53.7 Å². The van der Waals surface area contributed by atoms with Crippen molar-refractivity contribution in [3.63, 3.8) is 0 Å². The third-order valence-corrected chi connectivity index (χ3v) is 5.57. The van der Waals surface area contributed by atoms with Crippen molar-refractivity contribution in [2.24, 2.45) is 0 Å². The van der Waals surface area contributed by atoms with E-state index in [2.05, 4.69) is 15.5 Å². The van der Waals surface area contributed by atoms with Gasteiger partial charge < -0.3 is 5.32 Å². The van der Waals surface area contributed by atoms with Crippen LogP contribution in [0.2, 0.25) is 0 Å². The molecule has 0 aliphatic heterocycles. The number of nitrogens with one attached hydrogen (secondary N) is 1. The minimum atomic E-state index is -0.535. The molecule has 0 spiro atoms. The van der Waals surface area contributed by atoms with Gasteiger partial charge in [0.25, 0.3) is 5.69 Å². The maximum Gasteiger partial charge on any atom is 0.292 e. The van der Waals surface area contributed by atoms with Crippen LogP contribution in [0.4, 0.5) is 15.8 Å². The molecule has 1 heterocycles. The van der Waals surface area contributed by atoms with E-state index in [-0.39, 0.29) is 35.6 Å². The molecular formula is C20H18FN5O3S. The van der Waals surface area contributed by atoms with Gasteiger partial charge in [0, 0.05) is 24.3 Å². The molecule has 0 radical (unpaired) electrons. The lowest BCUT2D eigenvalue weighted by Crippen LogP contribution is -2.13. The van der Waals surface area contributed by atoms with Gasteiger partial charge in [-0.15, -0.1) is 10.2 Å². The maximum atomic E-state index is 14.2. The first-order chi connectivity index (χ1) is 14.5. The van der Waals surface area contributed by atoms with E-state index in [4.69, 9.17) is 0 Å². The van der Waals surface area contributed by atoms with Crippen LogP contribution in [-0.2, 0) is 4.79 Å². The quantitative estimate of drug-likeness (QED) is 0.324. The zero-order valence-corrected chi connectivity index (χ0v) is 16.6. The molecule has 1 aliphatic rings. The number of para-hydroxylation sites is 2. The molecule has 0 saturated heterocycles. The molecule has 3 aromatic rings. The topological polar surface area (TPSA) is 103 Å². The summed E-state index contributed by atoms with van der Waals surface area (Å²) in [4.78, 5) is 22.8. The fourth-order valence-electron chi connectivity index (χ4n) is 3.05. The van der Waals surface area contributed by atoms with Gasteiger partial charge in [-0.1, -0.05) is 36.0 Å². The van der Waals surface area contributed by atoms with Crippen LogP contribution in [-0.4, -0.2) is 31.3 Å². The average Bonchev–Trinajstić information content (AvgIpc) is 3.48. The summed E-state index contributed by atoms with van der Waals surface area (Å²) in [5.74, 6) is 0.215. The number of halogens is 1. The van der Waals surface area contributed by atoms with E-state index in [1.54, 1.807) is 30.3 Å². The number of carbonyl (C=O) groups is 1. The number of carbonyl (C=O) groups excluding carboxylic acids is 1. The Balaban J connectivity index is 1.42. The Morgan fingerprint density at radius 1 is 1.20 bits per heavy atom. The van der Waals surface area contributed by atoms with E-state index in [0.717, 1.165) is 12.8 Å². The van der Waals surface area contributed by atoms with Crippen molar-refractivity contribution in [2.75, 3.05) is 11.1 Å². The highest BCUT2D eigenvalue weighted by molar-refractivity contribution is 7.99. The predicted molar refractivity (Wildman–Crippen MR) is 111 cm³/mol. The van der Waals surface area contributed by atoms with Crippen molar-refractivity contribution >= 4 is 29.0 Å². The first kappa shape index (κ1) is 20.0. The molecule has 4 rings (SSSR count). The number of thioether (sulfide) groups is 1. The Morgan fingerprint density at radius 3 is 2.67 bits per heavy atom. The van der Waals surface area contributed by atoms with E-state index in [1.165, 1.54) is 30.0 Å². The van der Waals surface area contributed by atoms with Crippen LogP contribution in [0, 0.1) is 15.9 Å². The van der Waals surface area contributed by atoms with E-state index in [1.807, 2.05) is 4.57 Å². The SMILES string of the molecule is O=C(CCSc1nnc(-c2ccccc2F)n1C1CC1)Nc1ccccc1[N+](=O)[O-]. The third kappa shape index (κ3) is 4.33. The van der Waals surface area contributed by atoms with Gasteiger partial charge in [-0.05, 0) is 31.0 Å². The Morgan fingerprint density at radius 2 is 1.93 bits per heavy atom. The van der Waals surface area contributed by atoms with Gasteiger partial charge in [0.2, 0.25) is 5.91 Å². The normalized spacial score (nSPS) is 13.2. The Hall–Kier alpha value is -3.27. The number of hydrogen-bond donors (Lipinski definition) is 1. The van der Waals surface area contributed by atoms with Crippen molar-refractivity contribution in [1.29, 1.82) is 0 Å². The number of hydrogen-bond acceptors (Lipinski definition) is 6. The van der Waals surface area contributed by atoms with Crippen molar-refractivity contribution in [1.82, 2.24) is 14.8 Å². The average molecular weight is 427 g/mol. The minimum absolute atomic E-state index is 0.142. The smallest absolute Gasteiger partial charge is 0.292 e. The molecule has 10 heteroatoms. The molecule has 0 unspecified atom stereocenters. The molecule has 0 atom stereocenters. The van der Waals surface area contributed by atoms with Gasteiger partial charge in [0.1, 0.15) is 11.5 Å². The third-order valence-electron chi connectivity index (χ3n) is 4.63. The number of nitro benzene ring substituents is 1. The maximum absolute atomic E-state index is 14.2. The lowest BCUT2D eigenvalue weighted by molar-refractivity contribution is -0.383. The molecule has 30 heavy (non-hydrogen) atoms. The lowest BCUT2D eigenvalue weighted by Gasteiger charge is -2.09. The zero-order valence-electron chi connectivity index (χ0n) is 15.8. The Kier molecular flexibility index (Phi) is 5.75. The fourth-order valence-corrected chi connectivity index (χ4v) is 3.99. The summed E-state index contributed by atoms with van der Waals surface area (Å²) in [5.41, 5.74) is 0.417. The molecule has 1 amide bonds. The van der Waals surface area contributed by atoms with Crippen LogP contribution in [0.5, 0.6) is 0 Å². The number of anilines is 1. The van der Waals surface area contributed by atoms with E-state index in [9.17, 15) is 19.3 Å². The van der Waals surface area contributed by atoms with Crippen LogP contribution in [0.25, 0.3) is 11.4 Å². The second-order valence-electron chi connectivity index (χ2n) is 6.81. The summed E-state index contributed by atoms with van der Waals surface area (Å²) in [7, 11) is 0. The highest BCUT2D eigenvalue weighted by atomic mass is 32.2. The Bertz CT molecular complexity index is 1100. The second kappa shape index (κ2) is 8.62. The molecule has 1 fully saturated rings. The largest absolute Gasteiger partial charge is 0.320 e. The highest BCUT2D eigenvalue weighted by Gasteiger charge is 2.31. The van der Waals surface area contributed by atoms with Crippen molar-refractivity contribution in [3.05, 3.63) is 64.5 Å². The lowest BCUT2D eigenvalue weighted by atomic mass is 10.2. The first-order valence-electron chi connectivity index (χ1n) is 9.40. The molecule has 1 N–H and O–H groups in total. The summed E-state index contributed by atoms with van der Waals surface area (Å²) in [6, 6.07) is 12.7. The van der Waals surface area contributed by atoms with Gasteiger partial charge in [-0.3, -0.25) is 19.5 Å². The Labute approximate surface area is 175 Å². The molecule has 1 aliphatic carbocycles. The van der Waals surface area contributed by atoms with E-state index >= 15 is 0 Å². The number of amides is 1. The molecule has 0 bridgehead atoms. The van der Waals surface area contributed by atoms with Gasteiger partial charge in [0.15, 0.2) is 11.0 Å². The number of aromatic nitrogens is 3. The standard InChI is InChI=1S/C20H18FN5O3S/c21-15-6-2-1-5-14(15)19-23-24-20(25(19)13-9-10-13)30-12-11-18(27)22-16-7-3-4-8-17(16)26(28)29/h1-8,13H,9-12H2,(H,22,27). The van der Waals surface area contributed by atoms with Crippen molar-refractivity contribution < 1.29 is 14.1 Å². The minimum Gasteiger partial charge on any atom is -0.320 e. The van der Waals surface area contributed by atoms with Gasteiger partial charge >= 0.3 is 0 Å². The van der Waals surface area contributed by atoms with Crippen molar-refractivity contribution in [3.8, 4) is 11.4 Å². The second-order valence-corrected chi connectivity index (χ2v) is 7.87. The monoisotopic (exact) mass is 427 g/mol. The van der Waals surface area contributed by atoms with Gasteiger partial charge in [-0.2, -0.15) is 0 Å². The number of benzene rings is 2. The summed E-state index contributed by atoms with van der Waals surface area (Å²) < 4.78 is 16.1. The summed E-state index contributed by atoms with van der Waals surface area (Å²) in [6.45, 7) is 0. The first-order valence-corrected chi connectivity index (χ1v) is 10.4. The van der Waals surface area contributed by atoms with Crippen molar-refractivity contribution in [2.45, 2.75) is 30.5 Å². The summed E-state index contributed by atoms with van der Waals surface area (Å²) in [6.07, 6.45) is 2.10. The predicted octanol–water partition coefficient (Wildman–Crippen LogP) is 4.45. The van der Waals surface area contributed by atoms with E-state index < -0.39 is 4.92 Å². The van der Waals surface area contributed by atoms with Crippen LogP contribution in [0.1, 0.15) is 25.3 Å². The van der Waals surface area contributed by atoms with Gasteiger partial charge in [-0.25, -0.2) is 4.39 Å². The highest BCUT2D eigenvalue weighted by Crippen LogP contribution is 2.41. The van der Waals surface area contributed by atoms with Crippen LogP contribution < -0.4 is 5.32 Å². The van der Waals surface area contributed by atoms with Crippen LogP contribution >= 0.6 is 11.8 Å². The molecule has 1 saturated carbocycles. The summed E-state index contributed by atoms with van der Waals surface area (Å²) >= 11 is 1.36. The zero-order chi connectivity index (χ0) is 21.1. The van der Waals surface area contributed by atoms with Crippen LogP contribution in [0.3, 0.4) is 0 Å². The fraction of sp³-hybridized carbons (Fsp3) is 0.250.